The monoisotopic (exact) mass is 273 g/mol. The van der Waals surface area contributed by atoms with E-state index in [0.29, 0.717) is 5.52 Å². The van der Waals surface area contributed by atoms with Crippen molar-refractivity contribution in [2.75, 3.05) is 0 Å². The lowest BCUT2D eigenvalue weighted by molar-refractivity contribution is -0.146. The summed E-state index contributed by atoms with van der Waals surface area (Å²) < 4.78 is 39.4. The number of aromatic nitrogens is 1. The van der Waals surface area contributed by atoms with Crippen molar-refractivity contribution in [3.63, 3.8) is 0 Å². The number of aliphatic hydroxyl groups is 1. The summed E-state index contributed by atoms with van der Waals surface area (Å²) in [5.74, 6) is -1.51. The van der Waals surface area contributed by atoms with Gasteiger partial charge in [0.1, 0.15) is 0 Å². The highest BCUT2D eigenvalue weighted by Crippen LogP contribution is 2.34. The van der Waals surface area contributed by atoms with Gasteiger partial charge in [-0.25, -0.2) is 4.79 Å². The van der Waals surface area contributed by atoms with Gasteiger partial charge in [0.15, 0.2) is 6.10 Å². The topological polar surface area (TPSA) is 62.5 Å². The number of aliphatic hydroxyl groups excluding tert-OH is 1. The van der Waals surface area contributed by atoms with E-state index in [9.17, 15) is 23.1 Å². The fourth-order valence-electron chi connectivity index (χ4n) is 1.95. The molecule has 1 heterocycles. The number of carboxylic acids is 1. The number of hydrogen-bond donors (Lipinski definition) is 2. The van der Waals surface area contributed by atoms with Crippen molar-refractivity contribution in [2.45, 2.75) is 12.3 Å². The molecule has 1 aromatic carbocycles. The third-order valence-electron chi connectivity index (χ3n) is 2.88. The summed E-state index contributed by atoms with van der Waals surface area (Å²) in [5, 5.41) is 18.3. The van der Waals surface area contributed by atoms with Crippen LogP contribution in [0.3, 0.4) is 0 Å². The second-order valence-corrected chi connectivity index (χ2v) is 4.17. The second kappa shape index (κ2) is 4.27. The SMILES string of the molecule is Cn1cc(C(O)C(=O)O)c2cc(C(F)(F)F)ccc21. The summed E-state index contributed by atoms with van der Waals surface area (Å²) in [7, 11) is 1.56. The molecule has 1 atom stereocenters. The minimum Gasteiger partial charge on any atom is -0.479 e. The van der Waals surface area contributed by atoms with Gasteiger partial charge in [-0.3, -0.25) is 0 Å². The molecule has 2 N–H and O–H groups in total. The van der Waals surface area contributed by atoms with Crippen LogP contribution >= 0.6 is 0 Å². The van der Waals surface area contributed by atoms with E-state index in [1.54, 1.807) is 7.05 Å². The van der Waals surface area contributed by atoms with Gasteiger partial charge in [0.2, 0.25) is 0 Å². The number of benzene rings is 1. The van der Waals surface area contributed by atoms with Gasteiger partial charge in [0.05, 0.1) is 5.56 Å². The zero-order chi connectivity index (χ0) is 14.4. The van der Waals surface area contributed by atoms with Crippen molar-refractivity contribution < 1.29 is 28.2 Å². The van der Waals surface area contributed by atoms with E-state index in [1.807, 2.05) is 0 Å². The number of aliphatic carboxylic acids is 1. The summed E-state index contributed by atoms with van der Waals surface area (Å²) >= 11 is 0. The quantitative estimate of drug-likeness (QED) is 0.882. The molecule has 0 saturated carbocycles. The Morgan fingerprint density at radius 3 is 2.53 bits per heavy atom. The second-order valence-electron chi connectivity index (χ2n) is 4.17. The summed E-state index contributed by atoms with van der Waals surface area (Å²) in [6.45, 7) is 0. The molecule has 4 nitrogen and oxygen atoms in total. The Hall–Kier alpha value is -2.02. The Kier molecular flexibility index (Phi) is 3.01. The predicted octanol–water partition coefficient (Wildman–Crippen LogP) is 2.32. The summed E-state index contributed by atoms with van der Waals surface area (Å²) in [6, 6.07) is 3.01. The van der Waals surface area contributed by atoms with Crippen LogP contribution < -0.4 is 0 Å². The Bertz CT molecular complexity index is 645. The van der Waals surface area contributed by atoms with Crippen LogP contribution in [-0.4, -0.2) is 20.7 Å². The number of rotatable bonds is 2. The van der Waals surface area contributed by atoms with Crippen LogP contribution in [0.15, 0.2) is 24.4 Å². The molecule has 0 aliphatic heterocycles. The average molecular weight is 273 g/mol. The minimum absolute atomic E-state index is 0.0592. The van der Waals surface area contributed by atoms with Crippen LogP contribution in [0.5, 0.6) is 0 Å². The van der Waals surface area contributed by atoms with E-state index in [0.717, 1.165) is 12.1 Å². The minimum atomic E-state index is -4.52. The molecule has 0 spiro atoms. The lowest BCUT2D eigenvalue weighted by Gasteiger charge is -2.08. The molecule has 0 saturated heterocycles. The molecule has 102 valence electrons. The Morgan fingerprint density at radius 1 is 1.37 bits per heavy atom. The van der Waals surface area contributed by atoms with Crippen molar-refractivity contribution in [2.24, 2.45) is 7.05 Å². The molecule has 1 aromatic heterocycles. The fraction of sp³-hybridized carbons (Fsp3) is 0.250. The van der Waals surface area contributed by atoms with Gasteiger partial charge in [0.25, 0.3) is 0 Å². The number of fused-ring (bicyclic) bond motifs is 1. The largest absolute Gasteiger partial charge is 0.479 e. The van der Waals surface area contributed by atoms with E-state index in [4.69, 9.17) is 5.11 Å². The number of alkyl halides is 3. The van der Waals surface area contributed by atoms with Crippen LogP contribution in [0.2, 0.25) is 0 Å². The van der Waals surface area contributed by atoms with Crippen LogP contribution in [0.1, 0.15) is 17.2 Å². The molecular weight excluding hydrogens is 263 g/mol. The normalized spacial score (nSPS) is 13.7. The Balaban J connectivity index is 2.69. The third kappa shape index (κ3) is 2.28. The molecule has 2 rings (SSSR count). The first-order valence-corrected chi connectivity index (χ1v) is 5.29. The number of halogens is 3. The molecule has 1 unspecified atom stereocenters. The van der Waals surface area contributed by atoms with Gasteiger partial charge in [-0.15, -0.1) is 0 Å². The van der Waals surface area contributed by atoms with Crippen molar-refractivity contribution in [3.8, 4) is 0 Å². The lowest BCUT2D eigenvalue weighted by Crippen LogP contribution is -2.10. The van der Waals surface area contributed by atoms with Gasteiger partial charge in [-0.05, 0) is 18.2 Å². The number of hydrogen-bond acceptors (Lipinski definition) is 2. The zero-order valence-electron chi connectivity index (χ0n) is 9.77. The summed E-state index contributed by atoms with van der Waals surface area (Å²) in [6.07, 6.45) is -5.06. The molecule has 19 heavy (non-hydrogen) atoms. The molecule has 0 bridgehead atoms. The van der Waals surface area contributed by atoms with Crippen LogP contribution in [0.4, 0.5) is 13.2 Å². The van der Waals surface area contributed by atoms with Crippen molar-refractivity contribution in [3.05, 3.63) is 35.5 Å². The van der Waals surface area contributed by atoms with Gasteiger partial charge in [-0.2, -0.15) is 13.2 Å². The maximum Gasteiger partial charge on any atom is 0.416 e. The first-order chi connectivity index (χ1) is 8.71. The fourth-order valence-corrected chi connectivity index (χ4v) is 1.95. The van der Waals surface area contributed by atoms with Crippen LogP contribution in [-0.2, 0) is 18.0 Å². The molecule has 0 aliphatic carbocycles. The smallest absolute Gasteiger partial charge is 0.416 e. The van der Waals surface area contributed by atoms with Crippen LogP contribution in [0, 0.1) is 0 Å². The van der Waals surface area contributed by atoms with Crippen molar-refractivity contribution in [1.82, 2.24) is 4.57 Å². The number of carboxylic acid groups (broad SMARTS) is 1. The summed E-state index contributed by atoms with van der Waals surface area (Å²) in [5.41, 5.74) is -0.524. The van der Waals surface area contributed by atoms with E-state index in [2.05, 4.69) is 0 Å². The van der Waals surface area contributed by atoms with Gasteiger partial charge >= 0.3 is 12.1 Å². The predicted molar refractivity (Wildman–Crippen MR) is 60.5 cm³/mol. The van der Waals surface area contributed by atoms with E-state index < -0.39 is 23.8 Å². The highest BCUT2D eigenvalue weighted by Gasteiger charge is 2.31. The van der Waals surface area contributed by atoms with Gasteiger partial charge < -0.3 is 14.8 Å². The van der Waals surface area contributed by atoms with Crippen molar-refractivity contribution in [1.29, 1.82) is 0 Å². The maximum atomic E-state index is 12.6. The molecule has 0 fully saturated rings. The highest BCUT2D eigenvalue weighted by atomic mass is 19.4. The molecule has 0 radical (unpaired) electrons. The standard InChI is InChI=1S/C12H10F3NO3/c1-16-5-8(10(17)11(18)19)7-4-6(12(13,14)15)2-3-9(7)16/h2-5,10,17H,1H3,(H,18,19). The van der Waals surface area contributed by atoms with Crippen molar-refractivity contribution >= 4 is 16.9 Å². The Morgan fingerprint density at radius 2 is 2.00 bits per heavy atom. The van der Waals surface area contributed by atoms with Gasteiger partial charge in [-0.1, -0.05) is 0 Å². The average Bonchev–Trinajstić information content (AvgIpc) is 2.64. The van der Waals surface area contributed by atoms with E-state index in [1.165, 1.54) is 16.8 Å². The van der Waals surface area contributed by atoms with E-state index in [-0.39, 0.29) is 10.9 Å². The maximum absolute atomic E-state index is 12.6. The third-order valence-corrected chi connectivity index (χ3v) is 2.88. The number of aryl methyl sites for hydroxylation is 1. The highest BCUT2D eigenvalue weighted by molar-refractivity contribution is 5.89. The van der Waals surface area contributed by atoms with E-state index >= 15 is 0 Å². The molecule has 7 heteroatoms. The Labute approximate surface area is 105 Å². The number of nitrogens with zero attached hydrogens (tertiary/aromatic N) is 1. The summed E-state index contributed by atoms with van der Waals surface area (Å²) in [4.78, 5) is 10.8. The number of carbonyl (C=O) groups is 1. The lowest BCUT2D eigenvalue weighted by atomic mass is 10.1. The van der Waals surface area contributed by atoms with Crippen LogP contribution in [0.25, 0.3) is 10.9 Å². The zero-order valence-corrected chi connectivity index (χ0v) is 9.77. The molecule has 0 amide bonds. The molecule has 0 aliphatic rings. The molecule has 2 aromatic rings. The van der Waals surface area contributed by atoms with Gasteiger partial charge in [0, 0.05) is 29.7 Å². The first-order valence-electron chi connectivity index (χ1n) is 5.29. The first kappa shape index (κ1) is 13.4. The molecular formula is C12H10F3NO3.